The number of ketones is 1. The topological polar surface area (TPSA) is 69.4 Å². The fourth-order valence-electron chi connectivity index (χ4n) is 1.75. The van der Waals surface area contributed by atoms with Crippen LogP contribution in [0.15, 0.2) is 42.5 Å². The third-order valence-electron chi connectivity index (χ3n) is 2.84. The Balaban J connectivity index is 2.11. The molecule has 0 saturated carbocycles. The molecule has 5 nitrogen and oxygen atoms in total. The van der Waals surface area contributed by atoms with E-state index < -0.39 is 4.92 Å². The zero-order valence-electron chi connectivity index (χ0n) is 11.2. The average Bonchev–Trinajstić information content (AvgIpc) is 2.46. The van der Waals surface area contributed by atoms with Gasteiger partial charge in [0.1, 0.15) is 0 Å². The summed E-state index contributed by atoms with van der Waals surface area (Å²) >= 11 is 2.15. The van der Waals surface area contributed by atoms with Crippen LogP contribution in [0.3, 0.4) is 0 Å². The van der Waals surface area contributed by atoms with Crippen LogP contribution in [0.5, 0.6) is 5.75 Å². The number of carbonyl (C=O) groups is 1. The number of nitrogens with zero attached hydrogens (tertiary/aromatic N) is 1. The first-order valence-corrected chi connectivity index (χ1v) is 7.22. The molecule has 0 heterocycles. The highest BCUT2D eigenvalue weighted by atomic mass is 127. The maximum Gasteiger partial charge on any atom is 0.311 e. The molecule has 2 aromatic carbocycles. The molecule has 0 bridgehead atoms. The molecule has 0 aromatic heterocycles. The zero-order valence-corrected chi connectivity index (χ0v) is 13.4. The molecular formula is C15H12INO4. The number of hydrogen-bond donors (Lipinski definition) is 0. The van der Waals surface area contributed by atoms with Gasteiger partial charge in [-0.25, -0.2) is 0 Å². The van der Waals surface area contributed by atoms with Crippen LogP contribution in [0.25, 0.3) is 0 Å². The molecule has 0 radical (unpaired) electrons. The predicted octanol–water partition coefficient (Wildman–Crippen LogP) is 3.77. The SMILES string of the molecule is Cc1ccc(OCC(=O)c2ccc(I)cc2)c([N+](=O)[O-])c1. The fraction of sp³-hybridized carbons (Fsp3) is 0.133. The summed E-state index contributed by atoms with van der Waals surface area (Å²) in [6.07, 6.45) is 0. The van der Waals surface area contributed by atoms with Crippen molar-refractivity contribution in [3.8, 4) is 5.75 Å². The number of benzene rings is 2. The molecule has 0 aliphatic carbocycles. The Labute approximate surface area is 135 Å². The van der Waals surface area contributed by atoms with E-state index in [0.29, 0.717) is 5.56 Å². The van der Waals surface area contributed by atoms with Gasteiger partial charge in [0.05, 0.1) is 4.92 Å². The third kappa shape index (κ3) is 4.01. The van der Waals surface area contributed by atoms with Crippen LogP contribution >= 0.6 is 22.6 Å². The lowest BCUT2D eigenvalue weighted by atomic mass is 10.1. The second-order valence-electron chi connectivity index (χ2n) is 4.45. The number of nitro benzene ring substituents is 1. The average molecular weight is 397 g/mol. The summed E-state index contributed by atoms with van der Waals surface area (Å²) in [5.74, 6) is -0.120. The van der Waals surface area contributed by atoms with Crippen molar-refractivity contribution in [3.05, 3.63) is 67.3 Å². The molecule has 6 heteroatoms. The third-order valence-corrected chi connectivity index (χ3v) is 3.56. The first kappa shape index (κ1) is 15.4. The van der Waals surface area contributed by atoms with E-state index in [1.807, 2.05) is 12.1 Å². The Hall–Kier alpha value is -1.96. The van der Waals surface area contributed by atoms with E-state index in [1.165, 1.54) is 12.1 Å². The first-order valence-electron chi connectivity index (χ1n) is 6.14. The number of carbonyl (C=O) groups excluding carboxylic acids is 1. The van der Waals surface area contributed by atoms with Gasteiger partial charge < -0.3 is 4.74 Å². The van der Waals surface area contributed by atoms with Gasteiger partial charge in [0, 0.05) is 15.2 Å². The molecular weight excluding hydrogens is 385 g/mol. The zero-order chi connectivity index (χ0) is 15.4. The van der Waals surface area contributed by atoms with Crippen LogP contribution in [-0.4, -0.2) is 17.3 Å². The molecule has 108 valence electrons. The number of rotatable bonds is 5. The van der Waals surface area contributed by atoms with E-state index in [4.69, 9.17) is 4.74 Å². The lowest BCUT2D eigenvalue weighted by Crippen LogP contribution is -2.12. The number of ether oxygens (including phenoxy) is 1. The maximum atomic E-state index is 12.0. The van der Waals surface area contributed by atoms with Gasteiger partial charge in [-0.1, -0.05) is 18.2 Å². The van der Waals surface area contributed by atoms with Crippen LogP contribution in [0.2, 0.25) is 0 Å². The monoisotopic (exact) mass is 397 g/mol. The van der Waals surface area contributed by atoms with Crippen LogP contribution in [0.1, 0.15) is 15.9 Å². The van der Waals surface area contributed by atoms with E-state index in [1.54, 1.807) is 25.1 Å². The van der Waals surface area contributed by atoms with Crippen molar-refractivity contribution in [1.82, 2.24) is 0 Å². The van der Waals surface area contributed by atoms with Crippen molar-refractivity contribution in [2.75, 3.05) is 6.61 Å². The van der Waals surface area contributed by atoms with Crippen LogP contribution < -0.4 is 4.74 Å². The molecule has 0 aliphatic rings. The standard InChI is InChI=1S/C15H12INO4/c1-10-2-7-15(13(8-10)17(19)20)21-9-14(18)11-3-5-12(16)6-4-11/h2-8H,9H2,1H3. The minimum atomic E-state index is -0.516. The highest BCUT2D eigenvalue weighted by Gasteiger charge is 2.16. The van der Waals surface area contributed by atoms with Gasteiger partial charge in [-0.2, -0.15) is 0 Å². The summed E-state index contributed by atoms with van der Waals surface area (Å²) in [6.45, 7) is 1.53. The summed E-state index contributed by atoms with van der Waals surface area (Å²) in [4.78, 5) is 22.4. The summed E-state index contributed by atoms with van der Waals surface area (Å²) in [6, 6.07) is 11.7. The van der Waals surface area contributed by atoms with Gasteiger partial charge >= 0.3 is 5.69 Å². The molecule has 0 saturated heterocycles. The highest BCUT2D eigenvalue weighted by Crippen LogP contribution is 2.27. The predicted molar refractivity (Wildman–Crippen MR) is 86.8 cm³/mol. The molecule has 0 N–H and O–H groups in total. The smallest absolute Gasteiger partial charge is 0.311 e. The van der Waals surface area contributed by atoms with E-state index in [-0.39, 0.29) is 23.8 Å². The Kier molecular flexibility index (Phi) is 4.89. The number of aryl methyl sites for hydroxylation is 1. The minimum Gasteiger partial charge on any atom is -0.478 e. The van der Waals surface area contributed by atoms with Crippen molar-refractivity contribution in [1.29, 1.82) is 0 Å². The molecule has 0 fully saturated rings. The Morgan fingerprint density at radius 3 is 2.52 bits per heavy atom. The van der Waals surface area contributed by atoms with E-state index >= 15 is 0 Å². The molecule has 0 unspecified atom stereocenters. The van der Waals surface area contributed by atoms with Crippen molar-refractivity contribution in [2.45, 2.75) is 6.92 Å². The Morgan fingerprint density at radius 1 is 1.24 bits per heavy atom. The van der Waals surface area contributed by atoms with Crippen molar-refractivity contribution < 1.29 is 14.5 Å². The van der Waals surface area contributed by atoms with Gasteiger partial charge in [-0.15, -0.1) is 0 Å². The second-order valence-corrected chi connectivity index (χ2v) is 5.69. The van der Waals surface area contributed by atoms with Gasteiger partial charge in [0.15, 0.2) is 18.1 Å². The minimum absolute atomic E-state index is 0.101. The number of nitro groups is 1. The first-order chi connectivity index (χ1) is 9.97. The highest BCUT2D eigenvalue weighted by molar-refractivity contribution is 14.1. The Morgan fingerprint density at radius 2 is 1.90 bits per heavy atom. The van der Waals surface area contributed by atoms with Crippen molar-refractivity contribution >= 4 is 34.1 Å². The van der Waals surface area contributed by atoms with Gasteiger partial charge in [0.25, 0.3) is 0 Å². The summed E-state index contributed by atoms with van der Waals surface area (Å²) in [5.41, 5.74) is 1.15. The summed E-state index contributed by atoms with van der Waals surface area (Å²) < 4.78 is 6.33. The van der Waals surface area contributed by atoms with Gasteiger partial charge in [0.2, 0.25) is 0 Å². The van der Waals surface area contributed by atoms with Crippen LogP contribution in [0, 0.1) is 20.6 Å². The van der Waals surface area contributed by atoms with E-state index in [2.05, 4.69) is 22.6 Å². The van der Waals surface area contributed by atoms with Crippen molar-refractivity contribution in [2.24, 2.45) is 0 Å². The number of Topliss-reactive ketones (excluding diaryl/α,β-unsaturated/α-hetero) is 1. The van der Waals surface area contributed by atoms with Gasteiger partial charge in [-0.05, 0) is 53.3 Å². The van der Waals surface area contributed by atoms with Crippen molar-refractivity contribution in [3.63, 3.8) is 0 Å². The summed E-state index contributed by atoms with van der Waals surface area (Å²) in [5, 5.41) is 11.0. The molecule has 0 aliphatic heterocycles. The number of halogens is 1. The quantitative estimate of drug-likeness (QED) is 0.333. The summed E-state index contributed by atoms with van der Waals surface area (Å²) in [7, 11) is 0. The van der Waals surface area contributed by atoms with Crippen LogP contribution in [-0.2, 0) is 0 Å². The number of hydrogen-bond acceptors (Lipinski definition) is 4. The lowest BCUT2D eigenvalue weighted by Gasteiger charge is -2.07. The molecule has 21 heavy (non-hydrogen) atoms. The molecule has 0 atom stereocenters. The van der Waals surface area contributed by atoms with E-state index in [9.17, 15) is 14.9 Å². The second kappa shape index (κ2) is 6.66. The molecule has 0 amide bonds. The fourth-order valence-corrected chi connectivity index (χ4v) is 2.11. The molecule has 2 aromatic rings. The largest absolute Gasteiger partial charge is 0.478 e. The normalized spacial score (nSPS) is 10.2. The Bertz CT molecular complexity index is 683. The molecule has 2 rings (SSSR count). The molecule has 0 spiro atoms. The maximum absolute atomic E-state index is 12.0. The van der Waals surface area contributed by atoms with Gasteiger partial charge in [-0.3, -0.25) is 14.9 Å². The van der Waals surface area contributed by atoms with Crippen LogP contribution in [0.4, 0.5) is 5.69 Å². The van der Waals surface area contributed by atoms with E-state index in [0.717, 1.165) is 9.13 Å². The lowest BCUT2D eigenvalue weighted by molar-refractivity contribution is -0.385.